The number of amides is 3. The molecule has 8 nitrogen and oxygen atoms in total. The van der Waals surface area contributed by atoms with Gasteiger partial charge in [-0.2, -0.15) is 0 Å². The van der Waals surface area contributed by atoms with Gasteiger partial charge >= 0.3 is 11.8 Å². The molecule has 1 aliphatic heterocycles. The molecule has 0 radical (unpaired) electrons. The molecule has 0 aromatic heterocycles. The van der Waals surface area contributed by atoms with Crippen LogP contribution in [0, 0.1) is 0 Å². The quantitative estimate of drug-likeness (QED) is 0.707. The molecule has 1 fully saturated rings. The summed E-state index contributed by atoms with van der Waals surface area (Å²) in [6.45, 7) is 1.06. The van der Waals surface area contributed by atoms with E-state index in [1.807, 2.05) is 30.3 Å². The molecule has 0 bridgehead atoms. The normalized spacial score (nSPS) is 15.6. The van der Waals surface area contributed by atoms with Crippen LogP contribution >= 0.6 is 0 Å². The Labute approximate surface area is 168 Å². The second-order valence-corrected chi connectivity index (χ2v) is 6.43. The van der Waals surface area contributed by atoms with Gasteiger partial charge in [0.2, 0.25) is 0 Å². The Bertz CT molecular complexity index is 854. The summed E-state index contributed by atoms with van der Waals surface area (Å²) in [7, 11) is 1.56. The van der Waals surface area contributed by atoms with Crippen LogP contribution < -0.4 is 15.4 Å². The van der Waals surface area contributed by atoms with E-state index in [0.29, 0.717) is 24.5 Å². The lowest BCUT2D eigenvalue weighted by atomic mass is 10.2. The van der Waals surface area contributed by atoms with Gasteiger partial charge in [-0.15, -0.1) is 0 Å². The van der Waals surface area contributed by atoms with E-state index in [-0.39, 0.29) is 19.0 Å². The van der Waals surface area contributed by atoms with Gasteiger partial charge in [0, 0.05) is 18.7 Å². The van der Waals surface area contributed by atoms with E-state index >= 15 is 0 Å². The fourth-order valence-corrected chi connectivity index (χ4v) is 2.94. The molecule has 0 unspecified atom stereocenters. The molecule has 0 saturated carbocycles. The third kappa shape index (κ3) is 5.32. The minimum atomic E-state index is -0.770. The Morgan fingerprint density at radius 1 is 1.03 bits per heavy atom. The maximum Gasteiger partial charge on any atom is 0.309 e. The van der Waals surface area contributed by atoms with Crippen LogP contribution in [0.15, 0.2) is 54.6 Å². The molecule has 1 atom stereocenters. The number of ether oxygens (including phenoxy) is 2. The number of nitrogens with zero attached hydrogens (tertiary/aromatic N) is 1. The first kappa shape index (κ1) is 20.3. The molecule has 3 amide bonds. The number of nitrogens with one attached hydrogen (secondary N) is 2. The van der Waals surface area contributed by atoms with Crippen LogP contribution in [0.5, 0.6) is 5.75 Å². The van der Waals surface area contributed by atoms with E-state index in [4.69, 9.17) is 9.47 Å². The van der Waals surface area contributed by atoms with Gasteiger partial charge in [-0.3, -0.25) is 14.4 Å². The Balaban J connectivity index is 1.50. The second kappa shape index (κ2) is 9.70. The third-order valence-corrected chi connectivity index (χ3v) is 4.53. The van der Waals surface area contributed by atoms with Crippen LogP contribution in [0.3, 0.4) is 0 Å². The first-order chi connectivity index (χ1) is 14.1. The number of benzene rings is 2. The molecule has 3 rings (SSSR count). The summed E-state index contributed by atoms with van der Waals surface area (Å²) in [6, 6.07) is 16.0. The summed E-state index contributed by atoms with van der Waals surface area (Å²) in [5.74, 6) is -1.06. The zero-order chi connectivity index (χ0) is 20.6. The largest absolute Gasteiger partial charge is 0.497 e. The highest BCUT2D eigenvalue weighted by Crippen LogP contribution is 2.17. The minimum absolute atomic E-state index is 0.0273. The first-order valence-electron chi connectivity index (χ1n) is 9.25. The van der Waals surface area contributed by atoms with Crippen LogP contribution in [0.4, 0.5) is 0 Å². The van der Waals surface area contributed by atoms with Gasteiger partial charge in [0.05, 0.1) is 20.3 Å². The summed E-state index contributed by atoms with van der Waals surface area (Å²) in [5.41, 5.74) is 1.39. The third-order valence-electron chi connectivity index (χ3n) is 4.53. The van der Waals surface area contributed by atoms with Crippen molar-refractivity contribution in [2.24, 2.45) is 0 Å². The maximum absolute atomic E-state index is 12.7. The van der Waals surface area contributed by atoms with Crippen molar-refractivity contribution in [3.63, 3.8) is 0 Å². The number of methoxy groups -OCH3 is 1. The fourth-order valence-electron chi connectivity index (χ4n) is 2.94. The van der Waals surface area contributed by atoms with Crippen molar-refractivity contribution in [1.29, 1.82) is 0 Å². The molecule has 29 heavy (non-hydrogen) atoms. The number of hydrogen-bond donors (Lipinski definition) is 2. The summed E-state index contributed by atoms with van der Waals surface area (Å²) < 4.78 is 10.6. The molecule has 8 heteroatoms. The standard InChI is InChI=1S/C21H23N3O5/c1-28-17-9-7-16(8-10-17)21(27)24-11-12-29-18(24)14-23-20(26)19(25)22-13-15-5-3-2-4-6-15/h2-10,18H,11-14H2,1H3,(H,22,25)(H,23,26)/t18-/m0/s1. The van der Waals surface area contributed by atoms with E-state index in [0.717, 1.165) is 5.56 Å². The van der Waals surface area contributed by atoms with Crippen LogP contribution in [0.2, 0.25) is 0 Å². The van der Waals surface area contributed by atoms with Gasteiger partial charge in [0.25, 0.3) is 5.91 Å². The highest BCUT2D eigenvalue weighted by Gasteiger charge is 2.31. The van der Waals surface area contributed by atoms with Gasteiger partial charge in [-0.25, -0.2) is 0 Å². The van der Waals surface area contributed by atoms with Crippen molar-refractivity contribution < 1.29 is 23.9 Å². The topological polar surface area (TPSA) is 97.0 Å². The Morgan fingerprint density at radius 3 is 2.41 bits per heavy atom. The van der Waals surface area contributed by atoms with Crippen LogP contribution in [-0.4, -0.2) is 55.7 Å². The predicted octanol–water partition coefficient (Wildman–Crippen LogP) is 0.926. The Hall–Kier alpha value is -3.39. The zero-order valence-electron chi connectivity index (χ0n) is 16.1. The lowest BCUT2D eigenvalue weighted by Crippen LogP contribution is -2.47. The highest BCUT2D eigenvalue weighted by molar-refractivity contribution is 6.35. The molecule has 152 valence electrons. The van der Waals surface area contributed by atoms with Crippen LogP contribution in [-0.2, 0) is 20.9 Å². The molecule has 1 aliphatic rings. The number of rotatable bonds is 6. The Kier molecular flexibility index (Phi) is 6.80. The molecule has 1 saturated heterocycles. The fraction of sp³-hybridized carbons (Fsp3) is 0.286. The van der Waals surface area contributed by atoms with Crippen molar-refractivity contribution in [1.82, 2.24) is 15.5 Å². The summed E-state index contributed by atoms with van der Waals surface area (Å²) >= 11 is 0. The summed E-state index contributed by atoms with van der Waals surface area (Å²) in [5, 5.41) is 5.09. The van der Waals surface area contributed by atoms with Crippen LogP contribution in [0.25, 0.3) is 0 Å². The van der Waals surface area contributed by atoms with Crippen molar-refractivity contribution in [3.8, 4) is 5.75 Å². The molecule has 0 aliphatic carbocycles. The van der Waals surface area contributed by atoms with E-state index in [1.54, 1.807) is 31.4 Å². The van der Waals surface area contributed by atoms with Crippen molar-refractivity contribution >= 4 is 17.7 Å². The zero-order valence-corrected chi connectivity index (χ0v) is 16.1. The van der Waals surface area contributed by atoms with Crippen LogP contribution in [0.1, 0.15) is 15.9 Å². The summed E-state index contributed by atoms with van der Waals surface area (Å²) in [4.78, 5) is 38.2. The molecule has 0 spiro atoms. The van der Waals surface area contributed by atoms with Crippen molar-refractivity contribution in [3.05, 3.63) is 65.7 Å². The molecule has 2 aromatic carbocycles. The Morgan fingerprint density at radius 2 is 1.72 bits per heavy atom. The highest BCUT2D eigenvalue weighted by atomic mass is 16.5. The smallest absolute Gasteiger partial charge is 0.309 e. The lowest BCUT2D eigenvalue weighted by molar-refractivity contribution is -0.139. The first-order valence-corrected chi connectivity index (χ1v) is 9.25. The van der Waals surface area contributed by atoms with E-state index < -0.39 is 18.0 Å². The average molecular weight is 397 g/mol. The van der Waals surface area contributed by atoms with Gasteiger partial charge < -0.3 is 25.0 Å². The number of carbonyl (C=O) groups is 3. The average Bonchev–Trinajstić information content (AvgIpc) is 3.24. The van der Waals surface area contributed by atoms with Gasteiger partial charge in [-0.1, -0.05) is 30.3 Å². The predicted molar refractivity (Wildman–Crippen MR) is 105 cm³/mol. The van der Waals surface area contributed by atoms with Gasteiger partial charge in [0.15, 0.2) is 0 Å². The second-order valence-electron chi connectivity index (χ2n) is 6.43. The molecule has 1 heterocycles. The molecule has 2 aromatic rings. The van der Waals surface area contributed by atoms with Crippen molar-refractivity contribution in [2.45, 2.75) is 12.8 Å². The number of carbonyl (C=O) groups excluding carboxylic acids is 3. The monoisotopic (exact) mass is 397 g/mol. The van der Waals surface area contributed by atoms with Crippen molar-refractivity contribution in [2.75, 3.05) is 26.8 Å². The van der Waals surface area contributed by atoms with Gasteiger partial charge in [0.1, 0.15) is 12.0 Å². The molecule has 2 N–H and O–H groups in total. The minimum Gasteiger partial charge on any atom is -0.497 e. The summed E-state index contributed by atoms with van der Waals surface area (Å²) in [6.07, 6.45) is -0.629. The van der Waals surface area contributed by atoms with Gasteiger partial charge in [-0.05, 0) is 29.8 Å². The number of hydrogen-bond acceptors (Lipinski definition) is 5. The molecular formula is C21H23N3O5. The van der Waals surface area contributed by atoms with E-state index in [1.165, 1.54) is 4.90 Å². The molecular weight excluding hydrogens is 374 g/mol. The lowest BCUT2D eigenvalue weighted by Gasteiger charge is -2.23. The van der Waals surface area contributed by atoms with E-state index in [2.05, 4.69) is 10.6 Å². The van der Waals surface area contributed by atoms with E-state index in [9.17, 15) is 14.4 Å². The maximum atomic E-state index is 12.7. The SMILES string of the molecule is COc1ccc(C(=O)N2CCO[C@H]2CNC(=O)C(=O)NCc2ccccc2)cc1.